The molecule has 164 valence electrons. The summed E-state index contributed by atoms with van der Waals surface area (Å²) in [5.74, 6) is 0. The zero-order chi connectivity index (χ0) is 19.8. The Bertz CT molecular complexity index is 251. The van der Waals surface area contributed by atoms with Crippen LogP contribution in [0, 0.1) is 0 Å². The minimum Gasteiger partial charge on any atom is -0.420 e. The molecule has 0 spiro atoms. The molecule has 1 nitrogen and oxygen atoms in total. The van der Waals surface area contributed by atoms with E-state index in [9.17, 15) is 0 Å². The molecule has 0 N–H and O–H groups in total. The van der Waals surface area contributed by atoms with Crippen LogP contribution in [0.1, 0.15) is 143 Å². The van der Waals surface area contributed by atoms with Gasteiger partial charge in [-0.15, -0.1) is 0 Å². The molecule has 2 heteroatoms. The monoisotopic (exact) mass is 398 g/mol. The maximum atomic E-state index is 5.94. The topological polar surface area (TPSA) is 9.23 Å². The molecule has 1 fully saturated rings. The lowest BCUT2D eigenvalue weighted by Crippen LogP contribution is -2.22. The third kappa shape index (κ3) is 22.3. The quantitative estimate of drug-likeness (QED) is 0.175. The molecule has 0 aliphatic carbocycles. The average molecular weight is 399 g/mol. The van der Waals surface area contributed by atoms with Gasteiger partial charge in [0.1, 0.15) is 0 Å². The van der Waals surface area contributed by atoms with E-state index in [0.717, 1.165) is 6.61 Å². The van der Waals surface area contributed by atoms with Gasteiger partial charge in [-0.1, -0.05) is 136 Å². The molecule has 27 heavy (non-hydrogen) atoms. The highest BCUT2D eigenvalue weighted by molar-refractivity contribution is 6.51. The summed E-state index contributed by atoms with van der Waals surface area (Å²) in [6.45, 7) is 7.63. The molecule has 0 amide bonds. The van der Waals surface area contributed by atoms with Gasteiger partial charge in [0.25, 0.3) is 0 Å². The lowest BCUT2D eigenvalue weighted by Gasteiger charge is -2.20. The van der Waals surface area contributed by atoms with Crippen molar-refractivity contribution in [1.29, 1.82) is 0 Å². The van der Waals surface area contributed by atoms with Crippen molar-refractivity contribution in [1.82, 2.24) is 0 Å². The lowest BCUT2D eigenvalue weighted by atomic mass is 10.0. The maximum absolute atomic E-state index is 5.94. The smallest absolute Gasteiger partial charge is 0.176 e. The summed E-state index contributed by atoms with van der Waals surface area (Å²) in [6, 6.07) is 2.91. The first kappa shape index (κ1) is 27.2. The van der Waals surface area contributed by atoms with Gasteiger partial charge < -0.3 is 4.43 Å². The van der Waals surface area contributed by atoms with E-state index in [4.69, 9.17) is 4.43 Å². The number of rotatable bonds is 17. The third-order valence-corrected chi connectivity index (χ3v) is 8.47. The first-order chi connectivity index (χ1) is 13.3. The van der Waals surface area contributed by atoms with Crippen LogP contribution in [-0.2, 0) is 4.43 Å². The van der Waals surface area contributed by atoms with E-state index in [1.165, 1.54) is 134 Å². The van der Waals surface area contributed by atoms with Crippen molar-refractivity contribution >= 4 is 9.04 Å². The van der Waals surface area contributed by atoms with Gasteiger partial charge in [-0.2, -0.15) is 0 Å². The van der Waals surface area contributed by atoms with Crippen LogP contribution in [0.3, 0.4) is 0 Å². The Morgan fingerprint density at radius 1 is 0.556 bits per heavy atom. The zero-order valence-corrected chi connectivity index (χ0v) is 20.7. The molecule has 1 aliphatic heterocycles. The molecule has 0 bridgehead atoms. The van der Waals surface area contributed by atoms with E-state index in [2.05, 4.69) is 20.8 Å². The van der Waals surface area contributed by atoms with Crippen molar-refractivity contribution in [2.45, 2.75) is 155 Å². The number of hydrogen-bond acceptors (Lipinski definition) is 1. The Labute approximate surface area is 175 Å². The second kappa shape index (κ2) is 24.2. The summed E-state index contributed by atoms with van der Waals surface area (Å²) in [4.78, 5) is 0. The Morgan fingerprint density at radius 3 is 1.33 bits per heavy atom. The highest BCUT2D eigenvalue weighted by Crippen LogP contribution is 2.18. The van der Waals surface area contributed by atoms with E-state index < -0.39 is 9.04 Å². The first-order valence-corrected chi connectivity index (χ1v) is 15.1. The summed E-state index contributed by atoms with van der Waals surface area (Å²) < 4.78 is 5.94. The summed E-state index contributed by atoms with van der Waals surface area (Å²) in [6.07, 6.45) is 27.5. The fourth-order valence-corrected chi connectivity index (χ4v) is 6.57. The Kier molecular flexibility index (Phi) is 24.4. The van der Waals surface area contributed by atoms with Gasteiger partial charge in [0, 0.05) is 6.61 Å². The molecule has 1 unspecified atom stereocenters. The van der Waals surface area contributed by atoms with Crippen LogP contribution < -0.4 is 0 Å². The molecular formula is C25H54OSi. The van der Waals surface area contributed by atoms with Crippen LogP contribution in [0.15, 0.2) is 0 Å². The Balaban J connectivity index is 0.00000210. The summed E-state index contributed by atoms with van der Waals surface area (Å²) >= 11 is 0. The molecule has 0 radical (unpaired) electrons. The highest BCUT2D eigenvalue weighted by atomic mass is 28.3. The van der Waals surface area contributed by atoms with Gasteiger partial charge in [-0.25, -0.2) is 0 Å². The molecule has 1 heterocycles. The fourth-order valence-electron chi connectivity index (χ4n) is 3.96. The van der Waals surface area contributed by atoms with Gasteiger partial charge in [-0.05, 0) is 18.5 Å². The van der Waals surface area contributed by atoms with E-state index in [1.807, 2.05) is 0 Å². The minimum atomic E-state index is -0.719. The second-order valence-electron chi connectivity index (χ2n) is 8.79. The lowest BCUT2D eigenvalue weighted by molar-refractivity contribution is 0.285. The molecule has 1 aliphatic rings. The van der Waals surface area contributed by atoms with Crippen molar-refractivity contribution in [3.63, 3.8) is 0 Å². The van der Waals surface area contributed by atoms with Crippen molar-refractivity contribution in [3.8, 4) is 0 Å². The molecule has 0 aromatic heterocycles. The van der Waals surface area contributed by atoms with E-state index in [1.54, 1.807) is 0 Å². The van der Waals surface area contributed by atoms with Gasteiger partial charge >= 0.3 is 0 Å². The Morgan fingerprint density at radius 2 is 0.963 bits per heavy atom. The normalized spacial score (nSPS) is 16.8. The molecule has 1 atom stereocenters. The minimum absolute atomic E-state index is 0.719. The van der Waals surface area contributed by atoms with Crippen molar-refractivity contribution < 1.29 is 4.43 Å². The van der Waals surface area contributed by atoms with Crippen molar-refractivity contribution in [2.75, 3.05) is 6.61 Å². The summed E-state index contributed by atoms with van der Waals surface area (Å²) in [5, 5.41) is 0. The molecular weight excluding hydrogens is 344 g/mol. The molecule has 1 rings (SSSR count). The first-order valence-electron chi connectivity index (χ1n) is 13.0. The SMILES string of the molecule is CCC.CCCCCCCCCCCCCCCCCC[SiH]1CCCCO1. The zero-order valence-electron chi connectivity index (χ0n) is 19.5. The highest BCUT2D eigenvalue weighted by Gasteiger charge is 2.14. The van der Waals surface area contributed by atoms with Gasteiger partial charge in [-0.3, -0.25) is 0 Å². The largest absolute Gasteiger partial charge is 0.420 e. The van der Waals surface area contributed by atoms with Gasteiger partial charge in [0.2, 0.25) is 0 Å². The summed E-state index contributed by atoms with van der Waals surface area (Å²) in [5.41, 5.74) is 0. The Hall–Kier alpha value is 0.177. The third-order valence-electron chi connectivity index (χ3n) is 5.65. The predicted octanol–water partition coefficient (Wildman–Crippen LogP) is 9.20. The van der Waals surface area contributed by atoms with Crippen molar-refractivity contribution in [2.24, 2.45) is 0 Å². The van der Waals surface area contributed by atoms with Crippen LogP contribution in [0.2, 0.25) is 12.1 Å². The van der Waals surface area contributed by atoms with Crippen LogP contribution in [0.4, 0.5) is 0 Å². The molecule has 0 aromatic rings. The van der Waals surface area contributed by atoms with E-state index in [0.29, 0.717) is 0 Å². The number of hydrogen-bond donors (Lipinski definition) is 0. The fraction of sp³-hybridized carbons (Fsp3) is 1.00. The van der Waals surface area contributed by atoms with Crippen LogP contribution in [-0.4, -0.2) is 15.6 Å². The molecule has 0 saturated carbocycles. The second-order valence-corrected chi connectivity index (χ2v) is 11.5. The molecule has 1 saturated heterocycles. The average Bonchev–Trinajstić information content (AvgIpc) is 2.69. The van der Waals surface area contributed by atoms with Gasteiger partial charge in [0.05, 0.1) is 0 Å². The van der Waals surface area contributed by atoms with Gasteiger partial charge in [0.15, 0.2) is 9.04 Å². The maximum Gasteiger partial charge on any atom is 0.176 e. The van der Waals surface area contributed by atoms with E-state index in [-0.39, 0.29) is 0 Å². The van der Waals surface area contributed by atoms with Crippen molar-refractivity contribution in [3.05, 3.63) is 0 Å². The van der Waals surface area contributed by atoms with Crippen LogP contribution in [0.25, 0.3) is 0 Å². The van der Waals surface area contributed by atoms with Crippen LogP contribution >= 0.6 is 0 Å². The summed E-state index contributed by atoms with van der Waals surface area (Å²) in [7, 11) is -0.719. The number of unbranched alkanes of at least 4 members (excludes halogenated alkanes) is 15. The van der Waals surface area contributed by atoms with E-state index >= 15 is 0 Å². The predicted molar refractivity (Wildman–Crippen MR) is 127 cm³/mol. The van der Waals surface area contributed by atoms with Crippen LogP contribution in [0.5, 0.6) is 0 Å². The molecule has 0 aromatic carbocycles. The standard InChI is InChI=1S/C22H46OSi.C3H8/c1-2-3-4-5-6-7-8-9-10-11-12-13-14-15-16-18-21-24-22-19-17-20-23-24;1-3-2/h24H,2-22H2,1H3;3H2,1-2H3.